The SMILES string of the molecule is c1ccc2c(c1)oc1c(-c3cc(CC4CC5CCC4CC5)ccn3)cncc12. The molecule has 0 amide bonds. The number of fused-ring (bicyclic) bond motifs is 6. The largest absolute Gasteiger partial charge is 0.455 e. The molecule has 0 spiro atoms. The number of hydrogen-bond acceptors (Lipinski definition) is 3. The maximum Gasteiger partial charge on any atom is 0.147 e. The number of benzene rings is 1. The zero-order chi connectivity index (χ0) is 18.5. The molecule has 3 heterocycles. The molecule has 3 fully saturated rings. The van der Waals surface area contributed by atoms with Gasteiger partial charge in [-0.1, -0.05) is 31.0 Å². The number of rotatable bonds is 3. The Morgan fingerprint density at radius 1 is 0.964 bits per heavy atom. The standard InChI is InChI=1S/C25H24N2O/c1-2-4-24-20(3-1)21-14-26-15-22(25(21)28-24)23-13-17(9-10-27-23)12-19-11-16-5-7-18(19)8-6-16/h1-4,9-10,13-16,18-19H,5-8,11-12H2. The van der Waals surface area contributed by atoms with Crippen molar-refractivity contribution in [1.29, 1.82) is 0 Å². The smallest absolute Gasteiger partial charge is 0.147 e. The molecule has 0 N–H and O–H groups in total. The van der Waals surface area contributed by atoms with Crippen molar-refractivity contribution in [1.82, 2.24) is 9.97 Å². The maximum absolute atomic E-state index is 6.19. The molecule has 3 aliphatic rings. The number of nitrogens with zero attached hydrogens (tertiary/aromatic N) is 2. The van der Waals surface area contributed by atoms with Crippen LogP contribution < -0.4 is 0 Å². The highest BCUT2D eigenvalue weighted by molar-refractivity contribution is 6.08. The summed E-state index contributed by atoms with van der Waals surface area (Å²) in [5, 5.41) is 2.17. The van der Waals surface area contributed by atoms with Crippen LogP contribution in [0.2, 0.25) is 0 Å². The first-order valence-corrected chi connectivity index (χ1v) is 10.6. The summed E-state index contributed by atoms with van der Waals surface area (Å²) in [7, 11) is 0. The van der Waals surface area contributed by atoms with E-state index < -0.39 is 0 Å². The zero-order valence-electron chi connectivity index (χ0n) is 16.0. The molecular weight excluding hydrogens is 344 g/mol. The van der Waals surface area contributed by atoms with Crippen molar-refractivity contribution in [2.45, 2.75) is 38.5 Å². The molecule has 3 heteroatoms. The van der Waals surface area contributed by atoms with E-state index in [1.54, 1.807) is 0 Å². The molecule has 3 nitrogen and oxygen atoms in total. The van der Waals surface area contributed by atoms with E-state index in [-0.39, 0.29) is 0 Å². The number of furan rings is 1. The summed E-state index contributed by atoms with van der Waals surface area (Å²) < 4.78 is 6.19. The van der Waals surface area contributed by atoms with Gasteiger partial charge in [0.1, 0.15) is 11.2 Å². The average Bonchev–Trinajstić information content (AvgIpc) is 3.14. The van der Waals surface area contributed by atoms with Gasteiger partial charge < -0.3 is 4.42 Å². The first kappa shape index (κ1) is 16.3. The normalized spacial score (nSPS) is 24.2. The van der Waals surface area contributed by atoms with Gasteiger partial charge in [-0.2, -0.15) is 0 Å². The van der Waals surface area contributed by atoms with Gasteiger partial charge in [-0.15, -0.1) is 0 Å². The third-order valence-electron chi connectivity index (χ3n) is 7.08. The van der Waals surface area contributed by atoms with Crippen molar-refractivity contribution in [3.63, 3.8) is 0 Å². The van der Waals surface area contributed by atoms with E-state index in [4.69, 9.17) is 4.42 Å². The third-order valence-corrected chi connectivity index (χ3v) is 7.08. The summed E-state index contributed by atoms with van der Waals surface area (Å²) in [5.41, 5.74) is 5.14. The quantitative estimate of drug-likeness (QED) is 0.419. The van der Waals surface area contributed by atoms with Gasteiger partial charge in [-0.25, -0.2) is 0 Å². The molecular formula is C25H24N2O. The first-order chi connectivity index (χ1) is 13.8. The van der Waals surface area contributed by atoms with Crippen LogP contribution in [-0.2, 0) is 6.42 Å². The van der Waals surface area contributed by atoms with E-state index >= 15 is 0 Å². The predicted octanol–water partition coefficient (Wildman–Crippen LogP) is 6.41. The van der Waals surface area contributed by atoms with Crippen molar-refractivity contribution in [2.75, 3.05) is 0 Å². The lowest BCUT2D eigenvalue weighted by atomic mass is 9.63. The van der Waals surface area contributed by atoms with Gasteiger partial charge in [-0.3, -0.25) is 9.97 Å². The molecule has 3 aromatic heterocycles. The Morgan fingerprint density at radius 2 is 1.86 bits per heavy atom. The third kappa shape index (κ3) is 2.64. The minimum absolute atomic E-state index is 0.850. The van der Waals surface area contributed by atoms with Crippen molar-refractivity contribution < 1.29 is 4.42 Å². The molecule has 1 aromatic carbocycles. The van der Waals surface area contributed by atoms with Gasteiger partial charge in [-0.05, 0) is 67.2 Å². The number of hydrogen-bond donors (Lipinski definition) is 0. The highest BCUT2D eigenvalue weighted by Gasteiger charge is 2.35. The predicted molar refractivity (Wildman–Crippen MR) is 112 cm³/mol. The van der Waals surface area contributed by atoms with Crippen LogP contribution in [0, 0.1) is 17.8 Å². The highest BCUT2D eigenvalue weighted by atomic mass is 16.3. The Labute approximate surface area is 164 Å². The van der Waals surface area contributed by atoms with E-state index in [2.05, 4.69) is 28.2 Å². The molecule has 0 aliphatic heterocycles. The van der Waals surface area contributed by atoms with Gasteiger partial charge in [0.2, 0.25) is 0 Å². The van der Waals surface area contributed by atoms with E-state index in [0.717, 1.165) is 50.9 Å². The van der Waals surface area contributed by atoms with E-state index in [1.807, 2.05) is 36.8 Å². The number of aromatic nitrogens is 2. The molecule has 3 aliphatic carbocycles. The summed E-state index contributed by atoms with van der Waals surface area (Å²) in [5.74, 6) is 2.76. The zero-order valence-corrected chi connectivity index (χ0v) is 16.0. The molecule has 1 unspecified atom stereocenters. The second-order valence-corrected chi connectivity index (χ2v) is 8.69. The topological polar surface area (TPSA) is 38.9 Å². The fraction of sp³-hybridized carbons (Fsp3) is 0.360. The molecule has 28 heavy (non-hydrogen) atoms. The summed E-state index contributed by atoms with van der Waals surface area (Å²) >= 11 is 0. The van der Waals surface area contributed by atoms with Gasteiger partial charge in [0.15, 0.2) is 0 Å². The van der Waals surface area contributed by atoms with Crippen LogP contribution in [0.25, 0.3) is 33.2 Å². The van der Waals surface area contributed by atoms with E-state index in [0.29, 0.717) is 0 Å². The number of pyridine rings is 2. The first-order valence-electron chi connectivity index (χ1n) is 10.6. The van der Waals surface area contributed by atoms with Gasteiger partial charge in [0.25, 0.3) is 0 Å². The Hall–Kier alpha value is -2.68. The summed E-state index contributed by atoms with van der Waals surface area (Å²) in [4.78, 5) is 9.16. The second kappa shape index (κ2) is 6.44. The molecule has 0 saturated heterocycles. The minimum atomic E-state index is 0.850. The van der Waals surface area contributed by atoms with Gasteiger partial charge in [0, 0.05) is 29.4 Å². The Bertz CT molecular complexity index is 1150. The summed E-state index contributed by atoms with van der Waals surface area (Å²) in [6.07, 6.45) is 14.1. The Kier molecular flexibility index (Phi) is 3.75. The van der Waals surface area contributed by atoms with Crippen LogP contribution >= 0.6 is 0 Å². The molecule has 4 aromatic rings. The van der Waals surface area contributed by atoms with E-state index in [1.165, 1.54) is 44.1 Å². The van der Waals surface area contributed by atoms with Crippen molar-refractivity contribution in [3.8, 4) is 11.3 Å². The maximum atomic E-state index is 6.19. The Balaban J connectivity index is 1.38. The summed E-state index contributed by atoms with van der Waals surface area (Å²) in [6.45, 7) is 0. The highest BCUT2D eigenvalue weighted by Crippen LogP contribution is 2.46. The fourth-order valence-corrected chi connectivity index (χ4v) is 5.64. The molecule has 140 valence electrons. The van der Waals surface area contributed by atoms with Gasteiger partial charge in [0.05, 0.1) is 11.3 Å². The summed E-state index contributed by atoms with van der Waals surface area (Å²) in [6, 6.07) is 12.6. The molecule has 0 radical (unpaired) electrons. The van der Waals surface area contributed by atoms with Gasteiger partial charge >= 0.3 is 0 Å². The average molecular weight is 368 g/mol. The van der Waals surface area contributed by atoms with Crippen LogP contribution in [-0.4, -0.2) is 9.97 Å². The van der Waals surface area contributed by atoms with Crippen LogP contribution in [0.15, 0.2) is 59.4 Å². The Morgan fingerprint density at radius 3 is 2.71 bits per heavy atom. The van der Waals surface area contributed by atoms with Crippen LogP contribution in [0.3, 0.4) is 0 Å². The fourth-order valence-electron chi connectivity index (χ4n) is 5.64. The van der Waals surface area contributed by atoms with E-state index in [9.17, 15) is 0 Å². The monoisotopic (exact) mass is 368 g/mol. The van der Waals surface area contributed by atoms with Crippen LogP contribution in [0.4, 0.5) is 0 Å². The van der Waals surface area contributed by atoms with Crippen molar-refractivity contribution in [2.24, 2.45) is 17.8 Å². The molecule has 7 rings (SSSR count). The lowest BCUT2D eigenvalue weighted by Gasteiger charge is -2.42. The lowest BCUT2D eigenvalue weighted by molar-refractivity contribution is 0.0991. The van der Waals surface area contributed by atoms with Crippen molar-refractivity contribution in [3.05, 3.63) is 60.6 Å². The van der Waals surface area contributed by atoms with Crippen LogP contribution in [0.5, 0.6) is 0 Å². The number of para-hydroxylation sites is 1. The second-order valence-electron chi connectivity index (χ2n) is 8.69. The molecule has 3 saturated carbocycles. The minimum Gasteiger partial charge on any atom is -0.455 e. The van der Waals surface area contributed by atoms with Crippen LogP contribution in [0.1, 0.15) is 37.7 Å². The van der Waals surface area contributed by atoms with Crippen molar-refractivity contribution >= 4 is 21.9 Å². The molecule has 2 bridgehead atoms. The lowest BCUT2D eigenvalue weighted by Crippen LogP contribution is -2.32. The molecule has 1 atom stereocenters.